The number of ketones is 1. The van der Waals surface area contributed by atoms with E-state index in [1.54, 1.807) is 24.0 Å². The van der Waals surface area contributed by atoms with Gasteiger partial charge in [0.1, 0.15) is 17.6 Å². The maximum absolute atomic E-state index is 13.4. The number of rotatable bonds is 9. The number of thiazole rings is 1. The summed E-state index contributed by atoms with van der Waals surface area (Å²) in [6.07, 6.45) is 0.733. The first kappa shape index (κ1) is 22.2. The molecule has 0 saturated carbocycles. The number of aliphatic hydroxyl groups is 1. The van der Waals surface area contributed by atoms with Gasteiger partial charge in [0.05, 0.1) is 21.2 Å². The van der Waals surface area contributed by atoms with Crippen LogP contribution in [0.3, 0.4) is 0 Å². The fourth-order valence-electron chi connectivity index (χ4n) is 3.88. The van der Waals surface area contributed by atoms with Crippen molar-refractivity contribution in [3.05, 3.63) is 50.6 Å². The zero-order valence-electron chi connectivity index (χ0n) is 18.2. The van der Waals surface area contributed by atoms with Crippen LogP contribution in [0.5, 0.6) is 0 Å². The number of hydrogen-bond donors (Lipinski definition) is 1. The van der Waals surface area contributed by atoms with E-state index < -0.39 is 17.7 Å². The molecule has 0 unspecified atom stereocenters. The minimum atomic E-state index is -0.739. The quantitative estimate of drug-likeness (QED) is 0.605. The number of nitrogens with zero attached hydrogens (tertiary/aromatic N) is 3. The lowest BCUT2D eigenvalue weighted by atomic mass is 9.99. The first-order valence-electron chi connectivity index (χ1n) is 10.3. The van der Waals surface area contributed by atoms with Gasteiger partial charge in [0.2, 0.25) is 5.78 Å². The number of hydrogen-bond acceptors (Lipinski definition) is 7. The summed E-state index contributed by atoms with van der Waals surface area (Å²) in [4.78, 5) is 34.9. The average Bonchev–Trinajstić information content (AvgIpc) is 3.36. The molecule has 7 nitrogen and oxygen atoms in total. The summed E-state index contributed by atoms with van der Waals surface area (Å²) in [5.41, 5.74) is 0.675. The molecule has 0 bridgehead atoms. The normalized spacial score (nSPS) is 16.9. The molecule has 1 amide bonds. The van der Waals surface area contributed by atoms with Crippen LogP contribution in [0.1, 0.15) is 58.2 Å². The molecule has 1 aliphatic rings. The topological polar surface area (TPSA) is 86.9 Å². The Bertz CT molecular complexity index is 971. The van der Waals surface area contributed by atoms with Crippen LogP contribution in [0, 0.1) is 20.8 Å². The third kappa shape index (κ3) is 4.20. The molecular formula is C22H29N3O4S. The van der Waals surface area contributed by atoms with Crippen molar-refractivity contribution in [2.75, 3.05) is 26.2 Å². The molecule has 3 heterocycles. The van der Waals surface area contributed by atoms with Crippen molar-refractivity contribution in [1.29, 1.82) is 0 Å². The maximum atomic E-state index is 13.4. The summed E-state index contributed by atoms with van der Waals surface area (Å²) in [6.45, 7) is 12.7. The Labute approximate surface area is 181 Å². The van der Waals surface area contributed by atoms with Gasteiger partial charge < -0.3 is 19.3 Å². The van der Waals surface area contributed by atoms with Crippen LogP contribution in [0.4, 0.5) is 0 Å². The molecule has 0 aromatic carbocycles. The minimum absolute atomic E-state index is 0.0731. The van der Waals surface area contributed by atoms with Gasteiger partial charge in [0, 0.05) is 6.54 Å². The van der Waals surface area contributed by atoms with Crippen LogP contribution in [0.15, 0.2) is 27.9 Å². The molecule has 0 spiro atoms. The van der Waals surface area contributed by atoms with E-state index >= 15 is 0 Å². The van der Waals surface area contributed by atoms with Gasteiger partial charge in [0.15, 0.2) is 5.76 Å². The number of carbonyl (C=O) groups excluding carboxylic acids is 2. The van der Waals surface area contributed by atoms with Crippen LogP contribution < -0.4 is 0 Å². The van der Waals surface area contributed by atoms with Crippen molar-refractivity contribution in [2.24, 2.45) is 0 Å². The molecule has 8 heteroatoms. The van der Waals surface area contributed by atoms with Gasteiger partial charge in [0.25, 0.3) is 5.91 Å². The van der Waals surface area contributed by atoms with Crippen LogP contribution in [-0.2, 0) is 4.79 Å². The molecule has 2 aromatic rings. The largest absolute Gasteiger partial charge is 0.503 e. The second-order valence-electron chi connectivity index (χ2n) is 7.47. The number of aliphatic hydroxyl groups excluding tert-OH is 1. The lowest BCUT2D eigenvalue weighted by molar-refractivity contribution is -0.129. The van der Waals surface area contributed by atoms with Crippen LogP contribution >= 0.6 is 11.3 Å². The van der Waals surface area contributed by atoms with Crippen LogP contribution in [0.25, 0.3) is 0 Å². The van der Waals surface area contributed by atoms with Crippen molar-refractivity contribution >= 4 is 23.0 Å². The number of amides is 1. The Morgan fingerprint density at radius 2 is 1.97 bits per heavy atom. The Balaban J connectivity index is 1.95. The lowest BCUT2D eigenvalue weighted by Crippen LogP contribution is -2.34. The van der Waals surface area contributed by atoms with E-state index in [2.05, 4.69) is 23.7 Å². The van der Waals surface area contributed by atoms with E-state index in [9.17, 15) is 14.7 Å². The number of aromatic nitrogens is 1. The van der Waals surface area contributed by atoms with Gasteiger partial charge >= 0.3 is 0 Å². The Morgan fingerprint density at radius 1 is 1.27 bits per heavy atom. The molecule has 2 aromatic heterocycles. The summed E-state index contributed by atoms with van der Waals surface area (Å²) >= 11 is 1.27. The van der Waals surface area contributed by atoms with Gasteiger partial charge in [-0.1, -0.05) is 13.8 Å². The summed E-state index contributed by atoms with van der Waals surface area (Å²) in [6, 6.07) is 2.83. The van der Waals surface area contributed by atoms with E-state index in [0.717, 1.165) is 31.1 Å². The Kier molecular flexibility index (Phi) is 6.77. The van der Waals surface area contributed by atoms with Crippen LogP contribution in [0.2, 0.25) is 0 Å². The SMILES string of the molecule is CCN(CC)CCCN1C(=O)C(O)=C(C(=O)c2sc(C)nc2C)[C@@H]1c1ccc(C)o1. The third-order valence-corrected chi connectivity index (χ3v) is 6.53. The lowest BCUT2D eigenvalue weighted by Gasteiger charge is -2.26. The molecule has 3 rings (SSSR count). The molecule has 1 aliphatic heterocycles. The third-order valence-electron chi connectivity index (χ3n) is 5.46. The van der Waals surface area contributed by atoms with Crippen molar-refractivity contribution < 1.29 is 19.1 Å². The zero-order valence-corrected chi connectivity index (χ0v) is 19.0. The highest BCUT2D eigenvalue weighted by Crippen LogP contribution is 2.40. The van der Waals surface area contributed by atoms with Crippen molar-refractivity contribution in [1.82, 2.24) is 14.8 Å². The monoisotopic (exact) mass is 431 g/mol. The summed E-state index contributed by atoms with van der Waals surface area (Å²) < 4.78 is 5.80. The standard InChI is InChI=1S/C22H29N3O4S/c1-6-24(7-2)11-8-12-25-18(16-10-9-13(3)29-16)17(20(27)22(25)28)19(26)21-14(4)23-15(5)30-21/h9-10,18,27H,6-8,11-12H2,1-5H3/t18-/m0/s1. The van der Waals surface area contributed by atoms with E-state index in [1.165, 1.54) is 11.3 Å². The van der Waals surface area contributed by atoms with E-state index in [4.69, 9.17) is 4.42 Å². The van der Waals surface area contributed by atoms with Gasteiger partial charge in [-0.15, -0.1) is 11.3 Å². The van der Waals surface area contributed by atoms with E-state index in [0.29, 0.717) is 28.6 Å². The smallest absolute Gasteiger partial charge is 0.290 e. The summed E-state index contributed by atoms with van der Waals surface area (Å²) in [5.74, 6) is -0.226. The number of aryl methyl sites for hydroxylation is 3. The molecule has 0 aliphatic carbocycles. The van der Waals surface area contributed by atoms with Crippen molar-refractivity contribution in [2.45, 2.75) is 47.1 Å². The highest BCUT2D eigenvalue weighted by molar-refractivity contribution is 7.14. The summed E-state index contributed by atoms with van der Waals surface area (Å²) in [5, 5.41) is 11.5. The molecule has 0 fully saturated rings. The van der Waals surface area contributed by atoms with E-state index in [-0.39, 0.29) is 11.4 Å². The highest BCUT2D eigenvalue weighted by Gasteiger charge is 2.45. The van der Waals surface area contributed by atoms with Gasteiger partial charge in [-0.05, 0) is 59.0 Å². The predicted octanol–water partition coefficient (Wildman–Crippen LogP) is 3.97. The number of Topliss-reactive ketones (excluding diaryl/α,β-unsaturated/α-hetero) is 1. The predicted molar refractivity (Wildman–Crippen MR) is 116 cm³/mol. The first-order valence-corrected chi connectivity index (χ1v) is 11.1. The molecule has 162 valence electrons. The summed E-state index contributed by atoms with van der Waals surface area (Å²) in [7, 11) is 0. The molecule has 30 heavy (non-hydrogen) atoms. The second kappa shape index (κ2) is 9.14. The van der Waals surface area contributed by atoms with Gasteiger partial charge in [-0.25, -0.2) is 4.98 Å². The van der Waals surface area contributed by atoms with E-state index in [1.807, 2.05) is 13.8 Å². The zero-order chi connectivity index (χ0) is 22.0. The average molecular weight is 432 g/mol. The highest BCUT2D eigenvalue weighted by atomic mass is 32.1. The van der Waals surface area contributed by atoms with Crippen molar-refractivity contribution in [3.63, 3.8) is 0 Å². The van der Waals surface area contributed by atoms with Crippen LogP contribution in [-0.4, -0.2) is 57.8 Å². The molecule has 1 atom stereocenters. The molecule has 0 saturated heterocycles. The first-order chi connectivity index (χ1) is 14.3. The molecule has 0 radical (unpaired) electrons. The Morgan fingerprint density at radius 3 is 2.50 bits per heavy atom. The number of furan rings is 1. The minimum Gasteiger partial charge on any atom is -0.503 e. The van der Waals surface area contributed by atoms with Gasteiger partial charge in [-0.2, -0.15) is 0 Å². The fraction of sp³-hybridized carbons (Fsp3) is 0.500. The van der Waals surface area contributed by atoms with Gasteiger partial charge in [-0.3, -0.25) is 9.59 Å². The van der Waals surface area contributed by atoms with Crippen molar-refractivity contribution in [3.8, 4) is 0 Å². The Hall–Kier alpha value is -2.45. The maximum Gasteiger partial charge on any atom is 0.290 e. The molecular weight excluding hydrogens is 402 g/mol. The number of carbonyl (C=O) groups is 2. The molecule has 1 N–H and O–H groups in total. The fourth-order valence-corrected chi connectivity index (χ4v) is 4.76. The second-order valence-corrected chi connectivity index (χ2v) is 8.67.